The summed E-state index contributed by atoms with van der Waals surface area (Å²) in [5.41, 5.74) is -0.0344. The van der Waals surface area contributed by atoms with E-state index in [1.807, 2.05) is 13.8 Å². The van der Waals surface area contributed by atoms with Crippen LogP contribution in [0.3, 0.4) is 0 Å². The van der Waals surface area contributed by atoms with Crippen LogP contribution in [-0.2, 0) is 0 Å². The average Bonchev–Trinajstić information content (AvgIpc) is 2.91. The largest absolute Gasteiger partial charge is 0.389 e. The van der Waals surface area contributed by atoms with Gasteiger partial charge in [-0.1, -0.05) is 41.0 Å². The van der Waals surface area contributed by atoms with E-state index in [2.05, 4.69) is 20.8 Å². The minimum atomic E-state index is -4.06. The van der Waals surface area contributed by atoms with Crippen molar-refractivity contribution < 1.29 is 13.2 Å². The molecule has 4 aliphatic rings. The molecule has 0 radical (unpaired) electrons. The van der Waals surface area contributed by atoms with E-state index in [0.29, 0.717) is 11.3 Å². The molecule has 8 unspecified atom stereocenters. The Hall–Kier alpha value is -0.210. The molecule has 0 heterocycles. The molecule has 4 fully saturated rings. The monoisotopic (exact) mass is 398 g/mol. The Bertz CT molecular complexity index is 593. The zero-order valence-electron chi connectivity index (χ0n) is 18.7. The lowest BCUT2D eigenvalue weighted by Gasteiger charge is -2.62. The van der Waals surface area contributed by atoms with Crippen LogP contribution in [0.5, 0.6) is 0 Å². The van der Waals surface area contributed by atoms with Gasteiger partial charge in [0, 0.05) is 6.42 Å². The first-order valence-corrected chi connectivity index (χ1v) is 11.9. The summed E-state index contributed by atoms with van der Waals surface area (Å²) >= 11 is 0. The van der Waals surface area contributed by atoms with Crippen LogP contribution in [0.25, 0.3) is 0 Å². The van der Waals surface area contributed by atoms with Crippen molar-refractivity contribution in [2.24, 2.45) is 51.8 Å². The molecule has 0 bridgehead atoms. The molecule has 0 aliphatic heterocycles. The molecule has 0 nitrogen and oxygen atoms in total. The Morgan fingerprint density at radius 2 is 1.46 bits per heavy atom. The summed E-state index contributed by atoms with van der Waals surface area (Å²) in [6, 6.07) is 0. The maximum atomic E-state index is 13.3. The second-order valence-electron chi connectivity index (χ2n) is 12.5. The van der Waals surface area contributed by atoms with Crippen LogP contribution in [0.4, 0.5) is 13.2 Å². The van der Waals surface area contributed by atoms with Gasteiger partial charge in [-0.3, -0.25) is 0 Å². The molecule has 4 aliphatic carbocycles. The molecule has 3 heteroatoms. The fourth-order valence-electron chi connectivity index (χ4n) is 9.40. The van der Waals surface area contributed by atoms with Crippen LogP contribution in [0.2, 0.25) is 0 Å². The molecule has 4 rings (SSSR count). The zero-order valence-corrected chi connectivity index (χ0v) is 18.7. The summed E-state index contributed by atoms with van der Waals surface area (Å²) in [6.07, 6.45) is 6.77. The first-order chi connectivity index (χ1) is 12.9. The van der Waals surface area contributed by atoms with Gasteiger partial charge in [0.2, 0.25) is 0 Å². The molecular formula is C25H41F3. The zero-order chi connectivity index (χ0) is 20.5. The van der Waals surface area contributed by atoms with Gasteiger partial charge in [-0.15, -0.1) is 0 Å². The van der Waals surface area contributed by atoms with Crippen LogP contribution in [0.15, 0.2) is 0 Å². The maximum absolute atomic E-state index is 13.3. The third kappa shape index (κ3) is 3.25. The number of hydrogen-bond donors (Lipinski definition) is 0. The van der Waals surface area contributed by atoms with E-state index < -0.39 is 18.0 Å². The van der Waals surface area contributed by atoms with Gasteiger partial charge < -0.3 is 0 Å². The number of alkyl halides is 3. The summed E-state index contributed by atoms with van der Waals surface area (Å²) in [4.78, 5) is 0. The SMILES string of the molecule is CC1CCC2(C)C(CCC3C2CCC2(C)C3CCC2C(C)(C)CC(F)(F)F)C1. The number of rotatable bonds is 2. The molecule has 0 aromatic heterocycles. The minimum absolute atomic E-state index is 0.112. The minimum Gasteiger partial charge on any atom is -0.171 e. The number of halogens is 3. The fraction of sp³-hybridized carbons (Fsp3) is 1.00. The quantitative estimate of drug-likeness (QED) is 0.439. The van der Waals surface area contributed by atoms with Gasteiger partial charge in [0.1, 0.15) is 0 Å². The second kappa shape index (κ2) is 6.64. The van der Waals surface area contributed by atoms with E-state index in [1.54, 1.807) is 0 Å². The highest BCUT2D eigenvalue weighted by atomic mass is 19.4. The Morgan fingerprint density at radius 1 is 0.821 bits per heavy atom. The first-order valence-electron chi connectivity index (χ1n) is 11.9. The second-order valence-corrected chi connectivity index (χ2v) is 12.5. The van der Waals surface area contributed by atoms with Gasteiger partial charge in [0.05, 0.1) is 0 Å². The third-order valence-corrected chi connectivity index (χ3v) is 10.5. The smallest absolute Gasteiger partial charge is 0.171 e. The van der Waals surface area contributed by atoms with Crippen LogP contribution >= 0.6 is 0 Å². The lowest BCUT2D eigenvalue weighted by atomic mass is 9.43. The maximum Gasteiger partial charge on any atom is 0.389 e. The van der Waals surface area contributed by atoms with E-state index in [-0.39, 0.29) is 11.3 Å². The summed E-state index contributed by atoms with van der Waals surface area (Å²) in [7, 11) is 0. The Morgan fingerprint density at radius 3 is 2.14 bits per heavy atom. The molecule has 8 atom stereocenters. The van der Waals surface area contributed by atoms with E-state index in [1.165, 1.54) is 44.9 Å². The van der Waals surface area contributed by atoms with E-state index in [9.17, 15) is 13.2 Å². The van der Waals surface area contributed by atoms with Gasteiger partial charge in [-0.05, 0) is 103 Å². The summed E-state index contributed by atoms with van der Waals surface area (Å²) in [5, 5.41) is 0. The lowest BCUT2D eigenvalue weighted by Crippen LogP contribution is -2.54. The summed E-state index contributed by atoms with van der Waals surface area (Å²) < 4.78 is 39.9. The predicted octanol–water partition coefficient (Wildman–Crippen LogP) is 8.26. The van der Waals surface area contributed by atoms with Crippen LogP contribution in [-0.4, -0.2) is 6.18 Å². The number of fused-ring (bicyclic) bond motifs is 5. The van der Waals surface area contributed by atoms with Crippen LogP contribution < -0.4 is 0 Å². The van der Waals surface area contributed by atoms with Gasteiger partial charge in [-0.2, -0.15) is 13.2 Å². The predicted molar refractivity (Wildman–Crippen MR) is 109 cm³/mol. The molecule has 0 spiro atoms. The normalized spacial score (nSPS) is 49.3. The van der Waals surface area contributed by atoms with Crippen LogP contribution in [0, 0.1) is 51.8 Å². The van der Waals surface area contributed by atoms with Crippen molar-refractivity contribution in [1.29, 1.82) is 0 Å². The van der Waals surface area contributed by atoms with Crippen molar-refractivity contribution in [2.45, 2.75) is 105 Å². The molecular weight excluding hydrogens is 357 g/mol. The van der Waals surface area contributed by atoms with E-state index >= 15 is 0 Å². The molecule has 0 saturated heterocycles. The van der Waals surface area contributed by atoms with Crippen molar-refractivity contribution in [3.05, 3.63) is 0 Å². The van der Waals surface area contributed by atoms with E-state index in [4.69, 9.17) is 0 Å². The molecule has 0 amide bonds. The molecule has 28 heavy (non-hydrogen) atoms. The van der Waals surface area contributed by atoms with Crippen molar-refractivity contribution in [3.63, 3.8) is 0 Å². The van der Waals surface area contributed by atoms with Gasteiger partial charge in [0.15, 0.2) is 0 Å². The highest BCUT2D eigenvalue weighted by Gasteiger charge is 2.62. The summed E-state index contributed by atoms with van der Waals surface area (Å²) in [6.45, 7) is 11.2. The molecule has 4 saturated carbocycles. The molecule has 0 N–H and O–H groups in total. The van der Waals surface area contributed by atoms with Crippen LogP contribution in [0.1, 0.15) is 98.8 Å². The topological polar surface area (TPSA) is 0 Å². The first kappa shape index (κ1) is 21.0. The van der Waals surface area contributed by atoms with Crippen molar-refractivity contribution in [3.8, 4) is 0 Å². The summed E-state index contributed by atoms with van der Waals surface area (Å²) in [5.74, 6) is 4.22. The highest BCUT2D eigenvalue weighted by Crippen LogP contribution is 2.70. The fourth-order valence-corrected chi connectivity index (χ4v) is 9.40. The van der Waals surface area contributed by atoms with Crippen molar-refractivity contribution >= 4 is 0 Å². The Balaban J connectivity index is 1.57. The standard InChI is InChI=1S/C25H41F3/c1-16-10-12-23(4)17(14-16)6-7-18-19-8-9-21(22(2,3)15-25(26,27)28)24(19,5)13-11-20(18)23/h16-21H,6-15H2,1-5H3. The van der Waals surface area contributed by atoms with Crippen molar-refractivity contribution in [2.75, 3.05) is 0 Å². The average molecular weight is 399 g/mol. The number of hydrogen-bond acceptors (Lipinski definition) is 0. The van der Waals surface area contributed by atoms with Gasteiger partial charge in [-0.25, -0.2) is 0 Å². The Kier molecular flexibility index (Phi) is 4.99. The van der Waals surface area contributed by atoms with Gasteiger partial charge >= 0.3 is 6.18 Å². The third-order valence-electron chi connectivity index (χ3n) is 10.5. The van der Waals surface area contributed by atoms with Crippen molar-refractivity contribution in [1.82, 2.24) is 0 Å². The van der Waals surface area contributed by atoms with E-state index in [0.717, 1.165) is 36.5 Å². The molecule has 0 aromatic rings. The lowest BCUT2D eigenvalue weighted by molar-refractivity contribution is -0.173. The van der Waals surface area contributed by atoms with Gasteiger partial charge in [0.25, 0.3) is 0 Å². The molecule has 162 valence electrons. The highest BCUT2D eigenvalue weighted by molar-refractivity contribution is 5.10. The Labute approximate surface area is 170 Å². The molecule has 0 aromatic carbocycles.